The molecule has 3 heteroatoms. The normalized spacial score (nSPS) is 12.2. The van der Waals surface area contributed by atoms with Crippen LogP contribution in [0.15, 0.2) is 60.7 Å². The van der Waals surface area contributed by atoms with Gasteiger partial charge in [0.2, 0.25) is 0 Å². The smallest absolute Gasteiger partial charge is 0.265 e. The molecule has 3 aromatic rings. The van der Waals surface area contributed by atoms with Crippen molar-refractivity contribution in [3.8, 4) is 5.75 Å². The Kier molecular flexibility index (Phi) is 5.27. The Balaban J connectivity index is 1.74. The summed E-state index contributed by atoms with van der Waals surface area (Å²) in [5, 5.41) is 5.20. The van der Waals surface area contributed by atoms with Gasteiger partial charge in [-0.05, 0) is 59.9 Å². The first kappa shape index (κ1) is 18.0. The SMILES string of the molecule is Cc1ccc(C(C)C)c(OC(C)C(=O)Nc2ccc3ccccc3c2)c1. The third kappa shape index (κ3) is 4.05. The van der Waals surface area contributed by atoms with Gasteiger partial charge >= 0.3 is 0 Å². The highest BCUT2D eigenvalue weighted by atomic mass is 16.5. The largest absolute Gasteiger partial charge is 0.481 e. The molecule has 0 saturated carbocycles. The van der Waals surface area contributed by atoms with Crippen molar-refractivity contribution >= 4 is 22.4 Å². The quantitative estimate of drug-likeness (QED) is 0.645. The van der Waals surface area contributed by atoms with Gasteiger partial charge < -0.3 is 10.1 Å². The number of rotatable bonds is 5. The summed E-state index contributed by atoms with van der Waals surface area (Å²) in [6.45, 7) is 8.05. The average molecular weight is 347 g/mol. The van der Waals surface area contributed by atoms with Crippen molar-refractivity contribution in [3.05, 3.63) is 71.8 Å². The van der Waals surface area contributed by atoms with Gasteiger partial charge in [-0.2, -0.15) is 0 Å². The Morgan fingerprint density at radius 1 is 0.923 bits per heavy atom. The molecule has 1 atom stereocenters. The maximum Gasteiger partial charge on any atom is 0.265 e. The minimum atomic E-state index is -0.583. The number of anilines is 1. The molecule has 0 spiro atoms. The monoisotopic (exact) mass is 347 g/mol. The second-order valence-corrected chi connectivity index (χ2v) is 7.01. The van der Waals surface area contributed by atoms with Gasteiger partial charge in [0.05, 0.1) is 0 Å². The fourth-order valence-corrected chi connectivity index (χ4v) is 2.98. The van der Waals surface area contributed by atoms with Crippen molar-refractivity contribution in [1.82, 2.24) is 0 Å². The lowest BCUT2D eigenvalue weighted by molar-refractivity contribution is -0.122. The Labute approximate surface area is 155 Å². The van der Waals surface area contributed by atoms with E-state index >= 15 is 0 Å². The van der Waals surface area contributed by atoms with Gasteiger partial charge in [-0.25, -0.2) is 0 Å². The maximum absolute atomic E-state index is 12.6. The number of carbonyl (C=O) groups is 1. The van der Waals surface area contributed by atoms with Crippen molar-refractivity contribution in [1.29, 1.82) is 0 Å². The molecule has 0 aliphatic carbocycles. The van der Waals surface area contributed by atoms with Gasteiger partial charge in [0.15, 0.2) is 6.10 Å². The molecule has 0 bridgehead atoms. The Bertz CT molecular complexity index is 930. The molecule has 0 heterocycles. The highest BCUT2D eigenvalue weighted by Crippen LogP contribution is 2.28. The van der Waals surface area contributed by atoms with Crippen LogP contribution in [0.3, 0.4) is 0 Å². The van der Waals surface area contributed by atoms with Gasteiger partial charge in [-0.1, -0.05) is 56.3 Å². The molecule has 134 valence electrons. The summed E-state index contributed by atoms with van der Waals surface area (Å²) in [6.07, 6.45) is -0.583. The second kappa shape index (κ2) is 7.61. The Morgan fingerprint density at radius 2 is 1.65 bits per heavy atom. The minimum absolute atomic E-state index is 0.156. The first-order chi connectivity index (χ1) is 12.4. The molecule has 0 radical (unpaired) electrons. The maximum atomic E-state index is 12.6. The van der Waals surface area contributed by atoms with Crippen LogP contribution in [0.5, 0.6) is 5.75 Å². The number of nitrogens with one attached hydrogen (secondary N) is 1. The lowest BCUT2D eigenvalue weighted by Gasteiger charge is -2.19. The van der Waals surface area contributed by atoms with E-state index in [0.717, 1.165) is 33.3 Å². The number of hydrogen-bond acceptors (Lipinski definition) is 2. The fourth-order valence-electron chi connectivity index (χ4n) is 2.98. The number of carbonyl (C=O) groups excluding carboxylic acids is 1. The molecular formula is C23H25NO2. The average Bonchev–Trinajstić information content (AvgIpc) is 2.61. The number of amides is 1. The predicted molar refractivity (Wildman–Crippen MR) is 108 cm³/mol. The van der Waals surface area contributed by atoms with Crippen LogP contribution in [0.1, 0.15) is 37.8 Å². The molecule has 1 amide bonds. The van der Waals surface area contributed by atoms with E-state index in [-0.39, 0.29) is 5.91 Å². The Hall–Kier alpha value is -2.81. The van der Waals surface area contributed by atoms with E-state index < -0.39 is 6.10 Å². The van der Waals surface area contributed by atoms with Gasteiger partial charge in [-0.15, -0.1) is 0 Å². The van der Waals surface area contributed by atoms with Crippen molar-refractivity contribution in [3.63, 3.8) is 0 Å². The highest BCUT2D eigenvalue weighted by Gasteiger charge is 2.18. The van der Waals surface area contributed by atoms with Crippen LogP contribution in [0.4, 0.5) is 5.69 Å². The first-order valence-electron chi connectivity index (χ1n) is 9.01. The molecule has 3 aromatic carbocycles. The van der Waals surface area contributed by atoms with E-state index in [1.54, 1.807) is 6.92 Å². The van der Waals surface area contributed by atoms with Crippen molar-refractivity contribution in [2.24, 2.45) is 0 Å². The van der Waals surface area contributed by atoms with E-state index in [1.807, 2.05) is 49.4 Å². The molecule has 3 rings (SSSR count). The summed E-state index contributed by atoms with van der Waals surface area (Å²) in [6, 6.07) is 20.1. The summed E-state index contributed by atoms with van der Waals surface area (Å²) >= 11 is 0. The van der Waals surface area contributed by atoms with Crippen molar-refractivity contribution in [2.45, 2.75) is 39.7 Å². The molecule has 3 nitrogen and oxygen atoms in total. The zero-order valence-electron chi connectivity index (χ0n) is 15.7. The van der Waals surface area contributed by atoms with Crippen molar-refractivity contribution < 1.29 is 9.53 Å². The van der Waals surface area contributed by atoms with E-state index in [4.69, 9.17) is 4.74 Å². The lowest BCUT2D eigenvalue weighted by atomic mass is 10.0. The minimum Gasteiger partial charge on any atom is -0.481 e. The van der Waals surface area contributed by atoms with Gasteiger partial charge in [-0.3, -0.25) is 4.79 Å². The number of fused-ring (bicyclic) bond motifs is 1. The zero-order valence-corrected chi connectivity index (χ0v) is 15.7. The fraction of sp³-hybridized carbons (Fsp3) is 0.261. The van der Waals surface area contributed by atoms with Crippen LogP contribution in [0, 0.1) is 6.92 Å². The lowest BCUT2D eigenvalue weighted by Crippen LogP contribution is -2.30. The number of ether oxygens (including phenoxy) is 1. The second-order valence-electron chi connectivity index (χ2n) is 7.01. The van der Waals surface area contributed by atoms with E-state index in [0.29, 0.717) is 5.92 Å². The molecule has 0 aliphatic heterocycles. The topological polar surface area (TPSA) is 38.3 Å². The van der Waals surface area contributed by atoms with E-state index in [1.165, 1.54) is 0 Å². The molecule has 26 heavy (non-hydrogen) atoms. The zero-order chi connectivity index (χ0) is 18.7. The molecule has 1 N–H and O–H groups in total. The summed E-state index contributed by atoms with van der Waals surface area (Å²) in [4.78, 5) is 12.6. The highest BCUT2D eigenvalue weighted by molar-refractivity contribution is 5.96. The molecule has 0 aliphatic rings. The van der Waals surface area contributed by atoms with Crippen LogP contribution in [-0.2, 0) is 4.79 Å². The summed E-state index contributed by atoms with van der Waals surface area (Å²) in [5.41, 5.74) is 3.00. The van der Waals surface area contributed by atoms with Gasteiger partial charge in [0.25, 0.3) is 5.91 Å². The van der Waals surface area contributed by atoms with Crippen LogP contribution in [-0.4, -0.2) is 12.0 Å². The van der Waals surface area contributed by atoms with Crippen LogP contribution < -0.4 is 10.1 Å². The first-order valence-corrected chi connectivity index (χ1v) is 9.01. The van der Waals surface area contributed by atoms with Gasteiger partial charge in [0.1, 0.15) is 5.75 Å². The number of aryl methyl sites for hydroxylation is 1. The number of hydrogen-bond donors (Lipinski definition) is 1. The van der Waals surface area contributed by atoms with Crippen LogP contribution >= 0.6 is 0 Å². The summed E-state index contributed by atoms with van der Waals surface area (Å²) in [7, 11) is 0. The molecule has 0 fully saturated rings. The third-order valence-electron chi connectivity index (χ3n) is 4.48. The van der Waals surface area contributed by atoms with E-state index in [2.05, 4.69) is 37.4 Å². The molecule has 0 aromatic heterocycles. The van der Waals surface area contributed by atoms with Crippen molar-refractivity contribution in [2.75, 3.05) is 5.32 Å². The third-order valence-corrected chi connectivity index (χ3v) is 4.48. The van der Waals surface area contributed by atoms with E-state index in [9.17, 15) is 4.79 Å². The van der Waals surface area contributed by atoms with Crippen LogP contribution in [0.25, 0.3) is 10.8 Å². The Morgan fingerprint density at radius 3 is 2.38 bits per heavy atom. The predicted octanol–water partition coefficient (Wildman–Crippen LogP) is 5.68. The van der Waals surface area contributed by atoms with Crippen LogP contribution in [0.2, 0.25) is 0 Å². The summed E-state index contributed by atoms with van der Waals surface area (Å²) in [5.74, 6) is 0.957. The molecular weight excluding hydrogens is 322 g/mol. The molecule has 0 saturated heterocycles. The van der Waals surface area contributed by atoms with Gasteiger partial charge in [0, 0.05) is 5.69 Å². The number of benzene rings is 3. The molecule has 1 unspecified atom stereocenters. The standard InChI is InChI=1S/C23H25NO2/c1-15(2)21-12-9-16(3)13-22(21)26-17(4)23(25)24-20-11-10-18-7-5-6-8-19(18)14-20/h5-15,17H,1-4H3,(H,24,25). The summed E-state index contributed by atoms with van der Waals surface area (Å²) < 4.78 is 6.00.